The lowest BCUT2D eigenvalue weighted by Crippen LogP contribution is -3.61. The first-order chi connectivity index (χ1) is 8.55. The maximum atomic E-state index is 2.52. The smallest absolute Gasteiger partial charge is 0.0808 e. The van der Waals surface area contributed by atoms with Crippen molar-refractivity contribution in [3.63, 3.8) is 0 Å². The van der Waals surface area contributed by atoms with Gasteiger partial charge in [0.2, 0.25) is 0 Å². The highest BCUT2D eigenvalue weighted by Crippen LogP contribution is 2.44. The number of halogens is 1. The van der Waals surface area contributed by atoms with E-state index in [0.717, 1.165) is 11.8 Å². The maximum Gasteiger partial charge on any atom is 0.353 e. The Morgan fingerprint density at radius 3 is 2.33 bits per heavy atom. The minimum Gasteiger partial charge on any atom is -0.0808 e. The van der Waals surface area contributed by atoms with Gasteiger partial charge in [-0.25, -0.2) is 0 Å². The van der Waals surface area contributed by atoms with Crippen molar-refractivity contribution in [2.45, 2.75) is 26.1 Å². The van der Waals surface area contributed by atoms with Crippen LogP contribution in [0, 0.1) is 15.4 Å². The summed E-state index contributed by atoms with van der Waals surface area (Å²) < 4.78 is 3.45. The maximum absolute atomic E-state index is 2.52. The summed E-state index contributed by atoms with van der Waals surface area (Å²) in [6.45, 7) is 7.56. The summed E-state index contributed by atoms with van der Waals surface area (Å²) in [5.74, 6) is 1.60. The van der Waals surface area contributed by atoms with Crippen LogP contribution in [0.1, 0.15) is 6.42 Å². The Bertz CT molecular complexity index is 508. The van der Waals surface area contributed by atoms with E-state index in [1.54, 1.807) is 3.57 Å². The van der Waals surface area contributed by atoms with E-state index in [1.807, 2.05) is 8.78 Å². The van der Waals surface area contributed by atoms with Crippen molar-refractivity contribution in [1.29, 1.82) is 0 Å². The van der Waals surface area contributed by atoms with Gasteiger partial charge < -0.3 is 0 Å². The van der Waals surface area contributed by atoms with Gasteiger partial charge in [0.15, 0.2) is 7.15 Å². The molecular formula is C16H20ISi+. The molecule has 2 aliphatic rings. The van der Waals surface area contributed by atoms with Crippen LogP contribution in [0.2, 0.25) is 19.6 Å². The summed E-state index contributed by atoms with van der Waals surface area (Å²) in [5, 5.41) is 1.90. The standard InChI is InChI=1S/C16H20ISi/c1-18(2,3)16-13-10-9-12(11-13)15(16)17-14-7-5-4-6-8-14/h4-10,12-13H,11H2,1-3H3/q+1. The molecule has 2 heteroatoms. The van der Waals surface area contributed by atoms with E-state index >= 15 is 0 Å². The molecule has 2 atom stereocenters. The molecule has 0 spiro atoms. The van der Waals surface area contributed by atoms with Crippen LogP contribution in [0.5, 0.6) is 0 Å². The lowest BCUT2D eigenvalue weighted by atomic mass is 10.2. The topological polar surface area (TPSA) is 0 Å². The van der Waals surface area contributed by atoms with Gasteiger partial charge in [-0.3, -0.25) is 0 Å². The zero-order valence-electron chi connectivity index (χ0n) is 11.3. The highest BCUT2D eigenvalue weighted by Gasteiger charge is 2.47. The summed E-state index contributed by atoms with van der Waals surface area (Å²) in [7, 11) is -1.14. The monoisotopic (exact) mass is 367 g/mol. The van der Waals surface area contributed by atoms with Crippen molar-refractivity contribution >= 4 is 8.07 Å². The van der Waals surface area contributed by atoms with Crippen molar-refractivity contribution in [1.82, 2.24) is 0 Å². The van der Waals surface area contributed by atoms with Gasteiger partial charge in [-0.2, -0.15) is 0 Å². The van der Waals surface area contributed by atoms with Crippen molar-refractivity contribution < 1.29 is 21.2 Å². The Labute approximate surface area is 121 Å². The number of hydrogen-bond acceptors (Lipinski definition) is 0. The Kier molecular flexibility index (Phi) is 3.26. The van der Waals surface area contributed by atoms with Crippen molar-refractivity contribution in [2.24, 2.45) is 11.8 Å². The van der Waals surface area contributed by atoms with E-state index in [2.05, 4.69) is 62.1 Å². The Hall–Kier alpha value is -0.353. The molecule has 18 heavy (non-hydrogen) atoms. The highest BCUT2D eigenvalue weighted by atomic mass is 127. The summed E-state index contributed by atoms with van der Waals surface area (Å²) in [5.41, 5.74) is 0. The number of fused-ring (bicyclic) bond motifs is 2. The molecule has 1 aromatic carbocycles. The normalized spacial score (nSPS) is 26.2. The average molecular weight is 367 g/mol. The number of allylic oxidation sites excluding steroid dienone is 4. The number of benzene rings is 1. The van der Waals surface area contributed by atoms with E-state index in [9.17, 15) is 0 Å². The third-order valence-electron chi connectivity index (χ3n) is 3.79. The van der Waals surface area contributed by atoms with E-state index < -0.39 is 8.07 Å². The van der Waals surface area contributed by atoms with Gasteiger partial charge in [-0.15, -0.1) is 0 Å². The van der Waals surface area contributed by atoms with Gasteiger partial charge >= 0.3 is 21.2 Å². The van der Waals surface area contributed by atoms with Gasteiger partial charge in [-0.1, -0.05) is 50.0 Å². The van der Waals surface area contributed by atoms with Crippen LogP contribution in [0.4, 0.5) is 0 Å². The minimum atomic E-state index is -1.14. The average Bonchev–Trinajstić information content (AvgIpc) is 2.89. The molecule has 0 nitrogen and oxygen atoms in total. The predicted octanol–water partition coefficient (Wildman–Crippen LogP) is 1.28. The molecule has 0 N–H and O–H groups in total. The second-order valence-electron chi connectivity index (χ2n) is 6.24. The van der Waals surface area contributed by atoms with Gasteiger partial charge in [0.05, 0.1) is 8.07 Å². The van der Waals surface area contributed by atoms with Crippen LogP contribution < -0.4 is 21.2 Å². The van der Waals surface area contributed by atoms with Crippen LogP contribution in [0.25, 0.3) is 0 Å². The predicted molar refractivity (Wildman–Crippen MR) is 76.2 cm³/mol. The van der Waals surface area contributed by atoms with Crippen LogP contribution in [0.15, 0.2) is 51.3 Å². The zero-order chi connectivity index (χ0) is 12.8. The minimum absolute atomic E-state index is 0.0640. The first-order valence-corrected chi connectivity index (χ1v) is 12.3. The van der Waals surface area contributed by atoms with Gasteiger partial charge in [0, 0.05) is 5.92 Å². The molecule has 0 saturated carbocycles. The van der Waals surface area contributed by atoms with E-state index in [-0.39, 0.29) is 21.2 Å². The molecule has 2 aliphatic carbocycles. The second kappa shape index (κ2) is 4.64. The van der Waals surface area contributed by atoms with Crippen LogP contribution in [-0.4, -0.2) is 8.07 Å². The molecule has 0 radical (unpaired) electrons. The molecule has 2 unspecified atom stereocenters. The summed E-state index contributed by atoms with van der Waals surface area (Å²) in [6.07, 6.45) is 6.35. The van der Waals surface area contributed by atoms with Crippen LogP contribution in [0.3, 0.4) is 0 Å². The Morgan fingerprint density at radius 2 is 1.67 bits per heavy atom. The fourth-order valence-corrected chi connectivity index (χ4v) is 11.1. The third-order valence-corrected chi connectivity index (χ3v) is 9.86. The molecule has 1 aromatic rings. The quantitative estimate of drug-likeness (QED) is 0.429. The molecule has 0 saturated heterocycles. The molecular weight excluding hydrogens is 347 g/mol. The van der Waals surface area contributed by atoms with Gasteiger partial charge in [-0.05, 0) is 29.7 Å². The molecule has 3 rings (SSSR count). The largest absolute Gasteiger partial charge is 0.353 e. The molecule has 0 aliphatic heterocycles. The van der Waals surface area contributed by atoms with Gasteiger partial charge in [0.1, 0.15) is 0 Å². The number of rotatable bonds is 3. The molecule has 0 fully saturated rings. The second-order valence-corrected chi connectivity index (χ2v) is 14.2. The SMILES string of the molecule is C[Si](C)(C)C1=C([I+]c2ccccc2)C2C=CC1C2. The van der Waals surface area contributed by atoms with E-state index in [1.165, 1.54) is 6.42 Å². The van der Waals surface area contributed by atoms with Crippen molar-refractivity contribution in [3.05, 3.63) is 54.8 Å². The lowest BCUT2D eigenvalue weighted by molar-refractivity contribution is -0.581. The molecule has 0 amide bonds. The molecule has 94 valence electrons. The Morgan fingerprint density at radius 1 is 1.00 bits per heavy atom. The van der Waals surface area contributed by atoms with E-state index in [4.69, 9.17) is 0 Å². The molecule has 2 bridgehead atoms. The third kappa shape index (κ3) is 2.25. The van der Waals surface area contributed by atoms with Crippen LogP contribution in [-0.2, 0) is 0 Å². The fraction of sp³-hybridized carbons (Fsp3) is 0.375. The highest BCUT2D eigenvalue weighted by molar-refractivity contribution is 6.83. The Balaban J connectivity index is 1.96. The number of hydrogen-bond donors (Lipinski definition) is 0. The first kappa shape index (κ1) is 12.7. The zero-order valence-corrected chi connectivity index (χ0v) is 14.4. The van der Waals surface area contributed by atoms with E-state index in [0.29, 0.717) is 0 Å². The van der Waals surface area contributed by atoms with Crippen molar-refractivity contribution in [2.75, 3.05) is 0 Å². The first-order valence-electron chi connectivity index (χ1n) is 6.68. The molecule has 0 aromatic heterocycles. The van der Waals surface area contributed by atoms with Crippen molar-refractivity contribution in [3.8, 4) is 0 Å². The lowest BCUT2D eigenvalue weighted by Gasteiger charge is -2.22. The summed E-state index contributed by atoms with van der Waals surface area (Å²) in [4.78, 5) is 0. The van der Waals surface area contributed by atoms with Crippen LogP contribution >= 0.6 is 0 Å². The fourth-order valence-electron chi connectivity index (χ4n) is 3.11. The molecule has 0 heterocycles. The summed E-state index contributed by atoms with van der Waals surface area (Å²) >= 11 is 0.0640. The van der Waals surface area contributed by atoms with Gasteiger partial charge in [0.25, 0.3) is 0 Å². The summed E-state index contributed by atoms with van der Waals surface area (Å²) in [6, 6.07) is 11.1.